The van der Waals surface area contributed by atoms with Gasteiger partial charge < -0.3 is 14.2 Å². The van der Waals surface area contributed by atoms with Gasteiger partial charge in [0.05, 0.1) is 31.1 Å². The van der Waals surface area contributed by atoms with E-state index in [-0.39, 0.29) is 24.8 Å². The van der Waals surface area contributed by atoms with Crippen LogP contribution in [0.15, 0.2) is 53.4 Å². The summed E-state index contributed by atoms with van der Waals surface area (Å²) in [5.41, 5.74) is 2.01. The number of carbonyl (C=O) groups excluding carboxylic acids is 2. The van der Waals surface area contributed by atoms with E-state index in [1.165, 1.54) is 22.2 Å². The summed E-state index contributed by atoms with van der Waals surface area (Å²) in [4.78, 5) is 26.3. The summed E-state index contributed by atoms with van der Waals surface area (Å²) >= 11 is 6.56. The first-order chi connectivity index (χ1) is 16.0. The van der Waals surface area contributed by atoms with Gasteiger partial charge in [0.1, 0.15) is 4.32 Å². The van der Waals surface area contributed by atoms with E-state index < -0.39 is 0 Å². The van der Waals surface area contributed by atoms with Crippen LogP contribution in [0.25, 0.3) is 6.08 Å². The summed E-state index contributed by atoms with van der Waals surface area (Å²) in [5, 5.41) is 0. The quantitative estimate of drug-likeness (QED) is 0.256. The van der Waals surface area contributed by atoms with E-state index in [1.807, 2.05) is 43.3 Å². The number of benzene rings is 2. The maximum atomic E-state index is 12.8. The summed E-state index contributed by atoms with van der Waals surface area (Å²) in [6, 6.07) is 15.7. The third kappa shape index (κ3) is 7.07. The zero-order chi connectivity index (χ0) is 23.6. The minimum atomic E-state index is -0.347. The molecule has 1 amide bonds. The minimum absolute atomic E-state index is 0.108. The highest BCUT2D eigenvalue weighted by Gasteiger charge is 2.32. The van der Waals surface area contributed by atoms with Crippen molar-refractivity contribution in [1.29, 1.82) is 0 Å². The van der Waals surface area contributed by atoms with E-state index in [0.29, 0.717) is 40.5 Å². The lowest BCUT2D eigenvalue weighted by molar-refractivity contribution is -0.143. The van der Waals surface area contributed by atoms with Gasteiger partial charge in [0.15, 0.2) is 11.5 Å². The average molecular weight is 486 g/mol. The second-order valence-corrected chi connectivity index (χ2v) is 8.79. The molecule has 2 aromatic carbocycles. The van der Waals surface area contributed by atoms with Crippen LogP contribution in [0.5, 0.6) is 11.5 Å². The topological polar surface area (TPSA) is 65.1 Å². The van der Waals surface area contributed by atoms with Crippen molar-refractivity contribution < 1.29 is 23.8 Å². The lowest BCUT2D eigenvalue weighted by Crippen LogP contribution is -2.30. The van der Waals surface area contributed by atoms with Crippen molar-refractivity contribution >= 4 is 46.3 Å². The monoisotopic (exact) mass is 485 g/mol. The van der Waals surface area contributed by atoms with Crippen molar-refractivity contribution in [1.82, 2.24) is 4.90 Å². The van der Waals surface area contributed by atoms with Crippen molar-refractivity contribution in [2.45, 2.75) is 26.7 Å². The molecular formula is C25H27NO5S2. The number of amides is 1. The van der Waals surface area contributed by atoms with E-state index in [0.717, 1.165) is 12.0 Å². The second-order valence-electron chi connectivity index (χ2n) is 7.11. The summed E-state index contributed by atoms with van der Waals surface area (Å²) in [7, 11) is 0. The van der Waals surface area contributed by atoms with Gasteiger partial charge in [0.2, 0.25) is 0 Å². The van der Waals surface area contributed by atoms with Crippen LogP contribution in [0.3, 0.4) is 0 Å². The van der Waals surface area contributed by atoms with Crippen LogP contribution in [0.4, 0.5) is 0 Å². The molecule has 0 aromatic heterocycles. The van der Waals surface area contributed by atoms with E-state index in [9.17, 15) is 9.59 Å². The Kier molecular flexibility index (Phi) is 9.33. The standard InChI is InChI=1S/C25H27NO5S2/c1-3-29-21-16-19(10-11-20(21)31-15-13-18-8-6-5-7-9-18)17-22-24(28)26(25(32)33-22)14-12-23(27)30-4-2/h5-11,16-17H,3-4,12-15H2,1-2H3/b22-17-. The number of esters is 1. The molecule has 0 aliphatic carbocycles. The number of thioether (sulfide) groups is 1. The number of ether oxygens (including phenoxy) is 3. The van der Waals surface area contributed by atoms with Gasteiger partial charge >= 0.3 is 5.97 Å². The smallest absolute Gasteiger partial charge is 0.307 e. The highest BCUT2D eigenvalue weighted by atomic mass is 32.2. The summed E-state index contributed by atoms with van der Waals surface area (Å²) in [5.74, 6) is 0.721. The van der Waals surface area contributed by atoms with Crippen LogP contribution in [0.2, 0.25) is 0 Å². The Labute approximate surface area is 203 Å². The molecule has 0 spiro atoms. The maximum absolute atomic E-state index is 12.8. The third-order valence-corrected chi connectivity index (χ3v) is 6.15. The Morgan fingerprint density at radius 1 is 1.06 bits per heavy atom. The molecule has 0 unspecified atom stereocenters. The first kappa shape index (κ1) is 24.8. The number of thiocarbonyl (C=S) groups is 1. The zero-order valence-corrected chi connectivity index (χ0v) is 20.4. The molecule has 3 rings (SSSR count). The highest BCUT2D eigenvalue weighted by Crippen LogP contribution is 2.35. The van der Waals surface area contributed by atoms with Crippen molar-refractivity contribution in [3.05, 3.63) is 64.6 Å². The highest BCUT2D eigenvalue weighted by molar-refractivity contribution is 8.26. The minimum Gasteiger partial charge on any atom is -0.490 e. The van der Waals surface area contributed by atoms with Crippen LogP contribution in [-0.4, -0.2) is 47.5 Å². The molecule has 0 saturated carbocycles. The van der Waals surface area contributed by atoms with E-state index in [2.05, 4.69) is 12.1 Å². The first-order valence-corrected chi connectivity index (χ1v) is 12.1. The van der Waals surface area contributed by atoms with Crippen LogP contribution in [0.1, 0.15) is 31.4 Å². The fourth-order valence-corrected chi connectivity index (χ4v) is 4.51. The van der Waals surface area contributed by atoms with Gasteiger partial charge in [-0.1, -0.05) is 60.4 Å². The summed E-state index contributed by atoms with van der Waals surface area (Å²) in [6.45, 7) is 5.20. The Hall–Kier alpha value is -2.84. The second kappa shape index (κ2) is 12.4. The number of carbonyl (C=O) groups is 2. The molecule has 0 bridgehead atoms. The normalized spacial score (nSPS) is 14.6. The van der Waals surface area contributed by atoms with E-state index in [4.69, 9.17) is 26.4 Å². The number of rotatable bonds is 11. The van der Waals surface area contributed by atoms with Crippen molar-refractivity contribution in [3.63, 3.8) is 0 Å². The molecule has 1 aliphatic heterocycles. The SMILES string of the molecule is CCOC(=O)CCN1C(=O)/C(=C/c2ccc(OCCc3ccccc3)c(OCC)c2)SC1=S. The van der Waals surface area contributed by atoms with Crippen molar-refractivity contribution in [2.75, 3.05) is 26.4 Å². The van der Waals surface area contributed by atoms with Gasteiger partial charge in [0, 0.05) is 13.0 Å². The molecule has 1 heterocycles. The largest absolute Gasteiger partial charge is 0.490 e. The lowest BCUT2D eigenvalue weighted by atomic mass is 10.1. The lowest BCUT2D eigenvalue weighted by Gasteiger charge is -2.13. The average Bonchev–Trinajstić information content (AvgIpc) is 3.07. The Bertz CT molecular complexity index is 1020. The molecule has 2 aromatic rings. The van der Waals surface area contributed by atoms with Gasteiger partial charge in [-0.25, -0.2) is 0 Å². The summed E-state index contributed by atoms with van der Waals surface area (Å²) < 4.78 is 17.1. The van der Waals surface area contributed by atoms with Gasteiger partial charge in [0.25, 0.3) is 5.91 Å². The third-order valence-electron chi connectivity index (χ3n) is 4.77. The molecule has 1 aliphatic rings. The summed E-state index contributed by atoms with van der Waals surface area (Å²) in [6.07, 6.45) is 2.68. The predicted octanol–water partition coefficient (Wildman–Crippen LogP) is 4.86. The fourth-order valence-electron chi connectivity index (χ4n) is 3.21. The van der Waals surface area contributed by atoms with Gasteiger partial charge in [-0.3, -0.25) is 14.5 Å². The van der Waals surface area contributed by atoms with Crippen LogP contribution >= 0.6 is 24.0 Å². The Balaban J connectivity index is 1.67. The molecule has 0 atom stereocenters. The molecule has 8 heteroatoms. The van der Waals surface area contributed by atoms with E-state index >= 15 is 0 Å². The molecule has 174 valence electrons. The first-order valence-electron chi connectivity index (χ1n) is 10.9. The molecule has 1 saturated heterocycles. The molecule has 33 heavy (non-hydrogen) atoms. The van der Waals surface area contributed by atoms with Crippen LogP contribution in [-0.2, 0) is 20.7 Å². The van der Waals surface area contributed by atoms with Gasteiger partial charge in [-0.15, -0.1) is 0 Å². The zero-order valence-electron chi connectivity index (χ0n) is 18.7. The number of nitrogens with zero attached hydrogens (tertiary/aromatic N) is 1. The molecule has 1 fully saturated rings. The Morgan fingerprint density at radius 2 is 1.85 bits per heavy atom. The van der Waals surface area contributed by atoms with Crippen LogP contribution in [0, 0.1) is 0 Å². The Morgan fingerprint density at radius 3 is 2.58 bits per heavy atom. The fraction of sp³-hybridized carbons (Fsp3) is 0.320. The molecule has 0 radical (unpaired) electrons. The maximum Gasteiger partial charge on any atom is 0.307 e. The predicted molar refractivity (Wildman–Crippen MR) is 134 cm³/mol. The molecule has 0 N–H and O–H groups in total. The van der Waals surface area contributed by atoms with E-state index in [1.54, 1.807) is 13.0 Å². The van der Waals surface area contributed by atoms with Crippen LogP contribution < -0.4 is 9.47 Å². The van der Waals surface area contributed by atoms with Crippen molar-refractivity contribution in [2.24, 2.45) is 0 Å². The molecule has 6 nitrogen and oxygen atoms in total. The number of hydrogen-bond acceptors (Lipinski definition) is 7. The van der Waals surface area contributed by atoms with Gasteiger partial charge in [-0.2, -0.15) is 0 Å². The van der Waals surface area contributed by atoms with Gasteiger partial charge in [-0.05, 0) is 43.2 Å². The number of hydrogen-bond donors (Lipinski definition) is 0. The molecular weight excluding hydrogens is 458 g/mol. The van der Waals surface area contributed by atoms with Crippen molar-refractivity contribution in [3.8, 4) is 11.5 Å².